The highest BCUT2D eigenvalue weighted by Crippen LogP contribution is 2.39. The summed E-state index contributed by atoms with van der Waals surface area (Å²) >= 11 is 0. The molecule has 1 aromatic carbocycles. The van der Waals surface area contributed by atoms with Crippen LogP contribution in [0, 0.1) is 0 Å². The van der Waals surface area contributed by atoms with Gasteiger partial charge in [0.1, 0.15) is 28.9 Å². The van der Waals surface area contributed by atoms with E-state index in [0.717, 1.165) is 0 Å². The van der Waals surface area contributed by atoms with Crippen LogP contribution in [-0.2, 0) is 0 Å². The summed E-state index contributed by atoms with van der Waals surface area (Å²) < 4.78 is 15.7. The number of benzene rings is 1. The molecule has 0 saturated heterocycles. The van der Waals surface area contributed by atoms with Crippen molar-refractivity contribution in [1.82, 2.24) is 0 Å². The molecular weight excluding hydrogens is 246 g/mol. The molecule has 4 nitrogen and oxygen atoms in total. The van der Waals surface area contributed by atoms with Gasteiger partial charge in [-0.05, 0) is 6.92 Å². The SMILES string of the molecule is CC1CC(=O)c2c(OP)cc(OP)cc2O1. The fourth-order valence-corrected chi connectivity index (χ4v) is 2.04. The number of hydrogen-bond acceptors (Lipinski definition) is 4. The van der Waals surface area contributed by atoms with Gasteiger partial charge >= 0.3 is 0 Å². The second-order valence-electron chi connectivity index (χ2n) is 3.59. The van der Waals surface area contributed by atoms with Gasteiger partial charge < -0.3 is 13.8 Å². The smallest absolute Gasteiger partial charge is 0.174 e. The summed E-state index contributed by atoms with van der Waals surface area (Å²) in [5.74, 6) is 1.57. The van der Waals surface area contributed by atoms with Gasteiger partial charge in [0.2, 0.25) is 0 Å². The lowest BCUT2D eigenvalue weighted by molar-refractivity contribution is 0.0868. The number of carbonyl (C=O) groups is 1. The van der Waals surface area contributed by atoms with E-state index in [-0.39, 0.29) is 11.9 Å². The van der Waals surface area contributed by atoms with E-state index in [9.17, 15) is 4.79 Å². The van der Waals surface area contributed by atoms with Crippen molar-refractivity contribution >= 4 is 24.7 Å². The van der Waals surface area contributed by atoms with Gasteiger partial charge in [0, 0.05) is 18.6 Å². The quantitative estimate of drug-likeness (QED) is 0.764. The molecule has 3 unspecified atom stereocenters. The molecule has 1 heterocycles. The Bertz CT molecular complexity index is 433. The second kappa shape index (κ2) is 4.57. The van der Waals surface area contributed by atoms with Crippen LogP contribution in [0.5, 0.6) is 17.2 Å². The van der Waals surface area contributed by atoms with E-state index < -0.39 is 0 Å². The molecule has 2 rings (SSSR count). The number of ketones is 1. The second-order valence-corrected chi connectivity index (χ2v) is 4.06. The van der Waals surface area contributed by atoms with Gasteiger partial charge in [0.15, 0.2) is 5.78 Å². The Labute approximate surface area is 98.2 Å². The van der Waals surface area contributed by atoms with Crippen molar-refractivity contribution in [2.24, 2.45) is 0 Å². The van der Waals surface area contributed by atoms with Crippen molar-refractivity contribution in [2.75, 3.05) is 0 Å². The van der Waals surface area contributed by atoms with Crippen LogP contribution in [0.1, 0.15) is 23.7 Å². The first kappa shape index (κ1) is 11.6. The normalized spacial score (nSPS) is 18.7. The van der Waals surface area contributed by atoms with Crippen LogP contribution in [-0.4, -0.2) is 11.9 Å². The lowest BCUT2D eigenvalue weighted by Crippen LogP contribution is -2.24. The molecule has 0 fully saturated rings. The van der Waals surface area contributed by atoms with E-state index >= 15 is 0 Å². The third kappa shape index (κ3) is 2.00. The van der Waals surface area contributed by atoms with Gasteiger partial charge in [0.25, 0.3) is 0 Å². The molecule has 0 amide bonds. The maximum Gasteiger partial charge on any atom is 0.174 e. The van der Waals surface area contributed by atoms with Gasteiger partial charge in [-0.1, -0.05) is 0 Å². The van der Waals surface area contributed by atoms with Crippen molar-refractivity contribution in [1.29, 1.82) is 0 Å². The molecule has 16 heavy (non-hydrogen) atoms. The highest BCUT2D eigenvalue weighted by atomic mass is 31.0. The van der Waals surface area contributed by atoms with Crippen LogP contribution < -0.4 is 13.8 Å². The predicted molar refractivity (Wildman–Crippen MR) is 66.2 cm³/mol. The third-order valence-corrected chi connectivity index (χ3v) is 2.91. The van der Waals surface area contributed by atoms with Crippen LogP contribution in [0.4, 0.5) is 0 Å². The zero-order valence-corrected chi connectivity index (χ0v) is 11.0. The van der Waals surface area contributed by atoms with E-state index in [4.69, 9.17) is 13.8 Å². The highest BCUT2D eigenvalue weighted by molar-refractivity contribution is 7.10. The maximum atomic E-state index is 11.9. The zero-order valence-electron chi connectivity index (χ0n) is 8.73. The Morgan fingerprint density at radius 1 is 1.38 bits per heavy atom. The molecule has 86 valence electrons. The Morgan fingerprint density at radius 3 is 2.75 bits per heavy atom. The lowest BCUT2D eigenvalue weighted by atomic mass is 10.0. The minimum atomic E-state index is -0.114. The Kier molecular flexibility index (Phi) is 3.32. The van der Waals surface area contributed by atoms with Crippen LogP contribution in [0.25, 0.3) is 0 Å². The van der Waals surface area contributed by atoms with Crippen molar-refractivity contribution in [3.8, 4) is 17.2 Å². The molecule has 3 atom stereocenters. The van der Waals surface area contributed by atoms with E-state index in [1.807, 2.05) is 6.92 Å². The summed E-state index contributed by atoms with van der Waals surface area (Å²) in [7, 11) is 4.27. The Morgan fingerprint density at radius 2 is 2.12 bits per heavy atom. The van der Waals surface area contributed by atoms with Crippen LogP contribution in [0.3, 0.4) is 0 Å². The number of rotatable bonds is 2. The van der Waals surface area contributed by atoms with E-state index in [0.29, 0.717) is 29.2 Å². The predicted octanol–water partition coefficient (Wildman–Crippen LogP) is 2.38. The number of fused-ring (bicyclic) bond motifs is 1. The fraction of sp³-hybridized carbons (Fsp3) is 0.300. The number of Topliss-reactive ketones (excluding diaryl/α,β-unsaturated/α-hetero) is 1. The van der Waals surface area contributed by atoms with Crippen molar-refractivity contribution < 1.29 is 18.6 Å². The highest BCUT2D eigenvalue weighted by Gasteiger charge is 2.28. The number of ether oxygens (including phenoxy) is 1. The van der Waals surface area contributed by atoms with Crippen molar-refractivity contribution in [2.45, 2.75) is 19.4 Å². The summed E-state index contributed by atoms with van der Waals surface area (Å²) in [6.45, 7) is 1.86. The first-order chi connectivity index (χ1) is 7.65. The average molecular weight is 258 g/mol. The van der Waals surface area contributed by atoms with E-state index in [1.54, 1.807) is 12.1 Å². The first-order valence-corrected chi connectivity index (χ1v) is 5.71. The fourth-order valence-electron chi connectivity index (χ4n) is 1.72. The topological polar surface area (TPSA) is 44.8 Å². The summed E-state index contributed by atoms with van der Waals surface area (Å²) in [5.41, 5.74) is 0.485. The molecule has 0 spiro atoms. The number of hydrogen-bond donors (Lipinski definition) is 0. The standard InChI is InChI=1S/C10H12O4P2/c1-5-2-7(11)10-8(12-5)3-6(13-15)4-9(10)14-16/h3-5H,2,15-16H2,1H3. The van der Waals surface area contributed by atoms with Crippen LogP contribution in [0.2, 0.25) is 0 Å². The largest absolute Gasteiger partial charge is 0.489 e. The third-order valence-electron chi connectivity index (χ3n) is 2.38. The Balaban J connectivity index is 2.56. The molecule has 0 N–H and O–H groups in total. The number of carbonyl (C=O) groups excluding carboxylic acids is 1. The zero-order chi connectivity index (χ0) is 11.7. The van der Waals surface area contributed by atoms with E-state index in [2.05, 4.69) is 18.9 Å². The molecule has 6 heteroatoms. The van der Waals surface area contributed by atoms with Gasteiger partial charge in [-0.2, -0.15) is 0 Å². The van der Waals surface area contributed by atoms with Crippen molar-refractivity contribution in [3.63, 3.8) is 0 Å². The monoisotopic (exact) mass is 258 g/mol. The maximum absolute atomic E-state index is 11.9. The summed E-state index contributed by atoms with van der Waals surface area (Å²) in [4.78, 5) is 11.9. The molecular formula is C10H12O4P2. The summed E-state index contributed by atoms with van der Waals surface area (Å²) in [5, 5.41) is 0. The molecule has 0 radical (unpaired) electrons. The molecule has 0 bridgehead atoms. The van der Waals surface area contributed by atoms with Crippen LogP contribution >= 0.6 is 18.9 Å². The summed E-state index contributed by atoms with van der Waals surface area (Å²) in [6.07, 6.45) is 0.256. The molecule has 0 saturated carbocycles. The van der Waals surface area contributed by atoms with Gasteiger partial charge in [-0.25, -0.2) is 0 Å². The van der Waals surface area contributed by atoms with Crippen molar-refractivity contribution in [3.05, 3.63) is 17.7 Å². The lowest BCUT2D eigenvalue weighted by Gasteiger charge is -2.24. The van der Waals surface area contributed by atoms with Gasteiger partial charge in [-0.3, -0.25) is 4.79 Å². The van der Waals surface area contributed by atoms with Crippen LogP contribution in [0.15, 0.2) is 12.1 Å². The molecule has 1 aliphatic heterocycles. The molecule has 0 aliphatic carbocycles. The minimum absolute atomic E-state index is 0.0292. The Hall–Kier alpha value is -0.850. The van der Waals surface area contributed by atoms with E-state index in [1.165, 1.54) is 0 Å². The molecule has 0 aromatic heterocycles. The minimum Gasteiger partial charge on any atom is -0.489 e. The molecule has 1 aliphatic rings. The molecule has 1 aromatic rings. The van der Waals surface area contributed by atoms with Gasteiger partial charge in [0.05, 0.1) is 18.9 Å². The first-order valence-electron chi connectivity index (χ1n) is 4.77. The summed E-state index contributed by atoms with van der Waals surface area (Å²) in [6, 6.07) is 3.33. The average Bonchev–Trinajstić information content (AvgIpc) is 2.26. The van der Waals surface area contributed by atoms with Gasteiger partial charge in [-0.15, -0.1) is 0 Å².